The Kier molecular flexibility index (Phi) is 16.1. The topological polar surface area (TPSA) is 103 Å². The minimum Gasteiger partial charge on any atom is -0.501 e. The Hall–Kier alpha value is -1.83. The fraction of sp³-hybridized carbons (Fsp3) is 0.677. The van der Waals surface area contributed by atoms with Crippen LogP contribution in [0.15, 0.2) is 35.1 Å². The maximum absolute atomic E-state index is 12.6. The molecule has 8 nitrogen and oxygen atoms in total. The number of amides is 1. The number of unbranched alkanes of at least 4 members (excludes halogenated alkanes) is 1. The molecule has 2 N–H and O–H groups in total. The van der Waals surface area contributed by atoms with Crippen molar-refractivity contribution in [2.45, 2.75) is 102 Å². The highest BCUT2D eigenvalue weighted by Gasteiger charge is 2.47. The van der Waals surface area contributed by atoms with Crippen molar-refractivity contribution in [3.63, 3.8) is 0 Å². The van der Waals surface area contributed by atoms with Crippen LogP contribution in [0.1, 0.15) is 78.1 Å². The summed E-state index contributed by atoms with van der Waals surface area (Å²) in [4.78, 5) is 27.2. The number of esters is 1. The van der Waals surface area contributed by atoms with Crippen LogP contribution < -0.4 is 5.32 Å². The summed E-state index contributed by atoms with van der Waals surface area (Å²) in [6.45, 7) is 3.93. The van der Waals surface area contributed by atoms with Gasteiger partial charge in [0.1, 0.15) is 11.9 Å². The maximum atomic E-state index is 12.6. The number of cyclic esters (lactones) is 1. The highest BCUT2D eigenvalue weighted by atomic mass is 79.9. The number of methoxy groups -OCH3 is 2. The van der Waals surface area contributed by atoms with E-state index in [1.54, 1.807) is 12.6 Å². The molecule has 1 amide bonds. The molecule has 10 heteroatoms. The highest BCUT2D eigenvalue weighted by molar-refractivity contribution is 9.12. The van der Waals surface area contributed by atoms with Crippen LogP contribution in [0.2, 0.25) is 0 Å². The smallest absolute Gasteiger partial charge is 0.334 e. The number of carbonyl (C=O) groups is 2. The van der Waals surface area contributed by atoms with Gasteiger partial charge in [0.15, 0.2) is 5.79 Å². The number of carbonyl (C=O) groups excluding carboxylic acids is 2. The summed E-state index contributed by atoms with van der Waals surface area (Å²) in [5.41, 5.74) is 2.91. The molecule has 1 saturated heterocycles. The molecular weight excluding hydrogens is 614 g/mol. The van der Waals surface area contributed by atoms with Gasteiger partial charge >= 0.3 is 5.97 Å². The van der Waals surface area contributed by atoms with E-state index < -0.39 is 24.0 Å². The summed E-state index contributed by atoms with van der Waals surface area (Å²) < 4.78 is 22.4. The Balaban J connectivity index is 1.78. The number of hydrogen-bond acceptors (Lipinski definition) is 7. The first kappa shape index (κ1) is 35.4. The molecule has 0 aromatic carbocycles. The first-order valence-electron chi connectivity index (χ1n) is 14.3. The van der Waals surface area contributed by atoms with Gasteiger partial charge in [-0.3, -0.25) is 4.79 Å². The molecule has 2 aliphatic heterocycles. The van der Waals surface area contributed by atoms with Gasteiger partial charge in [-0.1, -0.05) is 49.1 Å². The van der Waals surface area contributed by atoms with Crippen molar-refractivity contribution in [1.82, 2.24) is 5.32 Å². The molecule has 0 bridgehead atoms. The number of ether oxygens (including phenoxy) is 4. The van der Waals surface area contributed by atoms with Gasteiger partial charge in [-0.05, 0) is 42.9 Å². The average molecular weight is 659 g/mol. The number of aliphatic hydroxyl groups is 1. The summed E-state index contributed by atoms with van der Waals surface area (Å²) in [6, 6.07) is 0. The summed E-state index contributed by atoms with van der Waals surface area (Å²) in [6.07, 6.45) is 11.3. The molecule has 1 fully saturated rings. The quantitative estimate of drug-likeness (QED) is 0.0926. The van der Waals surface area contributed by atoms with Gasteiger partial charge in [-0.2, -0.15) is 0 Å². The zero-order chi connectivity index (χ0) is 30.3. The average Bonchev–Trinajstić information content (AvgIpc) is 2.95. The van der Waals surface area contributed by atoms with Crippen LogP contribution in [0.3, 0.4) is 0 Å². The van der Waals surface area contributed by atoms with Gasteiger partial charge in [-0.25, -0.2) is 4.79 Å². The van der Waals surface area contributed by atoms with Crippen LogP contribution in [0.4, 0.5) is 0 Å². The first-order valence-corrected chi connectivity index (χ1v) is 15.5. The van der Waals surface area contributed by atoms with Gasteiger partial charge < -0.3 is 29.4 Å². The van der Waals surface area contributed by atoms with E-state index in [2.05, 4.69) is 45.0 Å². The Morgan fingerprint density at radius 1 is 1.34 bits per heavy atom. The van der Waals surface area contributed by atoms with Crippen LogP contribution in [0.25, 0.3) is 0 Å². The SMILES string of the molecule is COC1=CC(=O)OC(CC2CC(OC)C(C)C(O)(CNC(=O)CCC=C[C@H](C)CCC(=CCl)CCCC#CBr)O2)C1. The molecule has 2 heterocycles. The number of halogens is 2. The first-order chi connectivity index (χ1) is 19.6. The summed E-state index contributed by atoms with van der Waals surface area (Å²) in [7, 11) is 3.11. The van der Waals surface area contributed by atoms with Crippen LogP contribution >= 0.6 is 27.5 Å². The van der Waals surface area contributed by atoms with Crippen molar-refractivity contribution in [1.29, 1.82) is 0 Å². The predicted octanol–water partition coefficient (Wildman–Crippen LogP) is 5.87. The van der Waals surface area contributed by atoms with Crippen molar-refractivity contribution >= 4 is 39.4 Å². The molecule has 0 aliphatic carbocycles. The lowest BCUT2D eigenvalue weighted by Gasteiger charge is -2.46. The number of allylic oxidation sites excluding steroid dienone is 3. The number of nitrogens with one attached hydrogen (secondary N) is 1. The highest BCUT2D eigenvalue weighted by Crippen LogP contribution is 2.36. The second-order valence-corrected chi connectivity index (χ2v) is 11.5. The van der Waals surface area contributed by atoms with Crippen LogP contribution in [-0.4, -0.2) is 61.8 Å². The molecule has 0 saturated carbocycles. The standard InChI is InChI=1S/C31H45BrClNO7/c1-22(13-14-24(20-33)11-6-5-9-15-32)10-7-8-12-29(35)34-21-31(37)23(2)28(39-4)18-27(41-31)17-26-16-25(38-3)19-30(36)40-26/h7,10,19-20,22-23,26-28,37H,5-6,8,11-14,16-18,21H2,1-4H3,(H,34,35)/t22-,23?,26?,27?,28?,31?/m0/s1. The molecule has 2 rings (SSSR count). The van der Waals surface area contributed by atoms with E-state index >= 15 is 0 Å². The van der Waals surface area contributed by atoms with E-state index in [1.807, 2.05) is 13.0 Å². The third-order valence-electron chi connectivity index (χ3n) is 7.70. The lowest BCUT2D eigenvalue weighted by molar-refractivity contribution is -0.303. The van der Waals surface area contributed by atoms with Crippen molar-refractivity contribution < 1.29 is 33.6 Å². The van der Waals surface area contributed by atoms with Crippen molar-refractivity contribution in [2.75, 3.05) is 20.8 Å². The molecule has 0 radical (unpaired) electrons. The molecule has 0 spiro atoms. The summed E-state index contributed by atoms with van der Waals surface area (Å²) >= 11 is 9.09. The van der Waals surface area contributed by atoms with Crippen LogP contribution in [-0.2, 0) is 28.5 Å². The Labute approximate surface area is 258 Å². The van der Waals surface area contributed by atoms with E-state index in [4.69, 9.17) is 30.5 Å². The lowest BCUT2D eigenvalue weighted by atomic mass is 9.85. The monoisotopic (exact) mass is 657 g/mol. The largest absolute Gasteiger partial charge is 0.501 e. The van der Waals surface area contributed by atoms with Crippen molar-refractivity contribution in [3.8, 4) is 10.8 Å². The van der Waals surface area contributed by atoms with Gasteiger partial charge in [0.2, 0.25) is 5.91 Å². The van der Waals surface area contributed by atoms with Gasteiger partial charge in [0.25, 0.3) is 0 Å². The van der Waals surface area contributed by atoms with E-state index in [0.717, 1.165) is 32.1 Å². The minimum atomic E-state index is -1.61. The number of hydrogen-bond donors (Lipinski definition) is 2. The van der Waals surface area contributed by atoms with Crippen LogP contribution in [0, 0.1) is 22.6 Å². The third kappa shape index (κ3) is 12.5. The molecular formula is C31H45BrClNO7. The van der Waals surface area contributed by atoms with Gasteiger partial charge in [0.05, 0.1) is 31.9 Å². The zero-order valence-corrected chi connectivity index (χ0v) is 27.0. The minimum absolute atomic E-state index is 0.0636. The fourth-order valence-corrected chi connectivity index (χ4v) is 5.53. The molecule has 230 valence electrons. The zero-order valence-electron chi connectivity index (χ0n) is 24.6. The molecule has 2 aliphatic rings. The number of rotatable bonds is 16. The molecule has 41 heavy (non-hydrogen) atoms. The molecule has 6 atom stereocenters. The van der Waals surface area contributed by atoms with E-state index in [-0.39, 0.29) is 24.5 Å². The van der Waals surface area contributed by atoms with E-state index in [9.17, 15) is 14.7 Å². The van der Waals surface area contributed by atoms with Crippen LogP contribution in [0.5, 0.6) is 0 Å². The van der Waals surface area contributed by atoms with Gasteiger partial charge in [-0.15, -0.1) is 0 Å². The molecule has 5 unspecified atom stereocenters. The van der Waals surface area contributed by atoms with Crippen molar-refractivity contribution in [2.24, 2.45) is 11.8 Å². The Bertz CT molecular complexity index is 1000. The van der Waals surface area contributed by atoms with Crippen molar-refractivity contribution in [3.05, 3.63) is 35.1 Å². The lowest BCUT2D eigenvalue weighted by Crippen LogP contribution is -2.59. The normalized spacial score (nSPS) is 27.4. The van der Waals surface area contributed by atoms with E-state index in [1.165, 1.54) is 18.8 Å². The second kappa shape index (κ2) is 18.7. The second-order valence-electron chi connectivity index (χ2n) is 10.8. The Morgan fingerprint density at radius 2 is 2.12 bits per heavy atom. The molecule has 0 aromatic heterocycles. The maximum Gasteiger partial charge on any atom is 0.334 e. The summed E-state index contributed by atoms with van der Waals surface area (Å²) in [5.74, 6) is 1.30. The van der Waals surface area contributed by atoms with Gasteiger partial charge in [0, 0.05) is 66.6 Å². The fourth-order valence-electron chi connectivity index (χ4n) is 5.12. The van der Waals surface area contributed by atoms with E-state index in [0.29, 0.717) is 43.8 Å². The third-order valence-corrected chi connectivity index (χ3v) is 8.29. The summed E-state index contributed by atoms with van der Waals surface area (Å²) in [5, 5.41) is 14.2. The molecule has 0 aromatic rings. The predicted molar refractivity (Wildman–Crippen MR) is 163 cm³/mol. The Morgan fingerprint density at radius 3 is 2.80 bits per heavy atom.